The quantitative estimate of drug-likeness (QED) is 0.839. The lowest BCUT2D eigenvalue weighted by molar-refractivity contribution is 0.546. The van der Waals surface area contributed by atoms with E-state index in [2.05, 4.69) is 19.8 Å². The summed E-state index contributed by atoms with van der Waals surface area (Å²) >= 11 is 6.15. The lowest BCUT2D eigenvalue weighted by Crippen LogP contribution is -2.33. The maximum Gasteiger partial charge on any atom is 0.231 e. The van der Waals surface area contributed by atoms with Crippen LogP contribution in [-0.2, 0) is 0 Å². The van der Waals surface area contributed by atoms with Crippen molar-refractivity contribution in [3.05, 3.63) is 5.28 Å². The Morgan fingerprint density at radius 1 is 0.571 bits per heavy atom. The van der Waals surface area contributed by atoms with E-state index in [1.165, 1.54) is 51.4 Å². The highest BCUT2D eigenvalue weighted by atomic mass is 35.5. The summed E-state index contributed by atoms with van der Waals surface area (Å²) < 4.78 is 0. The minimum absolute atomic E-state index is 0.322. The van der Waals surface area contributed by atoms with E-state index in [-0.39, 0.29) is 0 Å². The van der Waals surface area contributed by atoms with Crippen LogP contribution in [0.5, 0.6) is 0 Å². The number of piperidine rings is 1. The first kappa shape index (κ1) is 14.8. The van der Waals surface area contributed by atoms with Gasteiger partial charge in [0, 0.05) is 26.2 Å². The van der Waals surface area contributed by atoms with Gasteiger partial charge in [0.25, 0.3) is 0 Å². The topological polar surface area (TPSA) is 45.2 Å². The van der Waals surface area contributed by atoms with Crippen LogP contribution >= 0.6 is 11.6 Å². The predicted molar refractivity (Wildman–Crippen MR) is 86.2 cm³/mol. The molecule has 0 bridgehead atoms. The van der Waals surface area contributed by atoms with Crippen LogP contribution in [0, 0.1) is 0 Å². The number of hydrogen-bond acceptors (Lipinski definition) is 5. The van der Waals surface area contributed by atoms with Crippen molar-refractivity contribution in [2.75, 3.05) is 36.0 Å². The lowest BCUT2D eigenvalue weighted by atomic mass is 10.1. The molecule has 1 aromatic rings. The van der Waals surface area contributed by atoms with Gasteiger partial charge in [0.1, 0.15) is 0 Å². The van der Waals surface area contributed by atoms with Crippen LogP contribution in [-0.4, -0.2) is 41.1 Å². The van der Waals surface area contributed by atoms with Gasteiger partial charge in [0.05, 0.1) is 0 Å². The van der Waals surface area contributed by atoms with Crippen LogP contribution in [0.3, 0.4) is 0 Å². The molecule has 5 nitrogen and oxygen atoms in total. The molecule has 2 aliphatic rings. The highest BCUT2D eigenvalue weighted by Crippen LogP contribution is 2.22. The fourth-order valence-electron chi connectivity index (χ4n) is 3.15. The third kappa shape index (κ3) is 3.96. The smallest absolute Gasteiger partial charge is 0.231 e. The van der Waals surface area contributed by atoms with Crippen molar-refractivity contribution in [1.29, 1.82) is 0 Å². The zero-order chi connectivity index (χ0) is 14.5. The normalized spacial score (nSPS) is 21.0. The molecule has 2 fully saturated rings. The molecule has 6 heteroatoms. The van der Waals surface area contributed by atoms with Crippen molar-refractivity contribution in [2.45, 2.75) is 51.4 Å². The summed E-state index contributed by atoms with van der Waals surface area (Å²) in [5.74, 6) is 1.52. The van der Waals surface area contributed by atoms with Crippen LogP contribution in [0.25, 0.3) is 0 Å². The second-order valence-corrected chi connectivity index (χ2v) is 6.35. The molecule has 0 radical (unpaired) electrons. The Hall–Kier alpha value is -1.10. The van der Waals surface area contributed by atoms with E-state index >= 15 is 0 Å². The molecule has 3 heterocycles. The van der Waals surface area contributed by atoms with E-state index in [4.69, 9.17) is 16.6 Å². The number of anilines is 2. The predicted octanol–water partition coefficient (Wildman–Crippen LogP) is 3.29. The molecule has 1 aromatic heterocycles. The van der Waals surface area contributed by atoms with Crippen LogP contribution in [0.15, 0.2) is 0 Å². The first-order valence-electron chi connectivity index (χ1n) is 8.24. The molecule has 21 heavy (non-hydrogen) atoms. The van der Waals surface area contributed by atoms with E-state index in [1.807, 2.05) is 0 Å². The summed E-state index contributed by atoms with van der Waals surface area (Å²) in [6, 6.07) is 0. The van der Waals surface area contributed by atoms with Crippen LogP contribution in [0.2, 0.25) is 5.28 Å². The summed E-state index contributed by atoms with van der Waals surface area (Å²) in [4.78, 5) is 17.9. The van der Waals surface area contributed by atoms with Crippen LogP contribution in [0.1, 0.15) is 51.4 Å². The van der Waals surface area contributed by atoms with Gasteiger partial charge in [-0.2, -0.15) is 15.0 Å². The molecule has 0 aliphatic carbocycles. The van der Waals surface area contributed by atoms with Crippen molar-refractivity contribution in [3.63, 3.8) is 0 Å². The highest BCUT2D eigenvalue weighted by Gasteiger charge is 2.18. The van der Waals surface area contributed by atoms with Gasteiger partial charge in [-0.25, -0.2) is 0 Å². The van der Waals surface area contributed by atoms with Gasteiger partial charge < -0.3 is 9.80 Å². The lowest BCUT2D eigenvalue weighted by Gasteiger charge is -2.29. The Balaban J connectivity index is 1.78. The van der Waals surface area contributed by atoms with Crippen LogP contribution in [0.4, 0.5) is 11.9 Å². The third-order valence-corrected chi connectivity index (χ3v) is 4.53. The molecule has 2 saturated heterocycles. The Morgan fingerprint density at radius 3 is 1.43 bits per heavy atom. The molecule has 116 valence electrons. The van der Waals surface area contributed by atoms with E-state index in [0.717, 1.165) is 38.1 Å². The summed E-state index contributed by atoms with van der Waals surface area (Å²) in [6.07, 6.45) is 10.1. The van der Waals surface area contributed by atoms with E-state index in [9.17, 15) is 0 Å². The van der Waals surface area contributed by atoms with E-state index in [1.54, 1.807) is 0 Å². The summed E-state index contributed by atoms with van der Waals surface area (Å²) in [6.45, 7) is 4.11. The molecule has 2 aliphatic heterocycles. The summed E-state index contributed by atoms with van der Waals surface area (Å²) in [5.41, 5.74) is 0. The number of nitrogens with zero attached hydrogens (tertiary/aromatic N) is 5. The number of hydrogen-bond donors (Lipinski definition) is 0. The van der Waals surface area contributed by atoms with Gasteiger partial charge in [-0.1, -0.05) is 19.3 Å². The van der Waals surface area contributed by atoms with Gasteiger partial charge in [0.2, 0.25) is 17.2 Å². The highest BCUT2D eigenvalue weighted by molar-refractivity contribution is 6.28. The maximum atomic E-state index is 6.15. The van der Waals surface area contributed by atoms with Crippen molar-refractivity contribution in [2.24, 2.45) is 0 Å². The SMILES string of the molecule is Clc1nc(N2CCCCCCC2)nc(N2CCCCC2)n1. The number of aromatic nitrogens is 3. The molecule has 0 spiro atoms. The van der Waals surface area contributed by atoms with Gasteiger partial charge >= 0.3 is 0 Å². The van der Waals surface area contributed by atoms with Gasteiger partial charge in [-0.3, -0.25) is 0 Å². The van der Waals surface area contributed by atoms with Gasteiger partial charge in [-0.15, -0.1) is 0 Å². The Kier molecular flexibility index (Phi) is 5.12. The molecule has 0 atom stereocenters. The zero-order valence-corrected chi connectivity index (χ0v) is 13.4. The Bertz CT molecular complexity index is 453. The van der Waals surface area contributed by atoms with Crippen molar-refractivity contribution < 1.29 is 0 Å². The van der Waals surface area contributed by atoms with E-state index < -0.39 is 0 Å². The Morgan fingerprint density at radius 2 is 0.952 bits per heavy atom. The first-order chi connectivity index (χ1) is 10.3. The molecule has 0 aromatic carbocycles. The van der Waals surface area contributed by atoms with E-state index in [0.29, 0.717) is 5.28 Å². The number of rotatable bonds is 2. The second kappa shape index (κ2) is 7.25. The van der Waals surface area contributed by atoms with Crippen molar-refractivity contribution in [1.82, 2.24) is 15.0 Å². The molecule has 0 N–H and O–H groups in total. The average Bonchev–Trinajstić information content (AvgIpc) is 2.47. The largest absolute Gasteiger partial charge is 0.341 e. The second-order valence-electron chi connectivity index (χ2n) is 6.01. The van der Waals surface area contributed by atoms with Crippen LogP contribution < -0.4 is 9.80 Å². The third-order valence-electron chi connectivity index (χ3n) is 4.36. The summed E-state index contributed by atoms with van der Waals surface area (Å²) in [5, 5.41) is 0.322. The molecule has 3 rings (SSSR count). The number of halogens is 1. The minimum atomic E-state index is 0.322. The van der Waals surface area contributed by atoms with Crippen molar-refractivity contribution >= 4 is 23.5 Å². The zero-order valence-electron chi connectivity index (χ0n) is 12.6. The molecule has 0 saturated carbocycles. The Labute approximate surface area is 131 Å². The molecular formula is C15H24ClN5. The molecule has 0 unspecified atom stereocenters. The van der Waals surface area contributed by atoms with Crippen molar-refractivity contribution in [3.8, 4) is 0 Å². The molecule has 0 amide bonds. The average molecular weight is 310 g/mol. The fourth-order valence-corrected chi connectivity index (χ4v) is 3.30. The van der Waals surface area contributed by atoms with Gasteiger partial charge in [0.15, 0.2) is 0 Å². The minimum Gasteiger partial charge on any atom is -0.341 e. The monoisotopic (exact) mass is 309 g/mol. The summed E-state index contributed by atoms with van der Waals surface area (Å²) in [7, 11) is 0. The first-order valence-corrected chi connectivity index (χ1v) is 8.62. The molecular weight excluding hydrogens is 286 g/mol. The fraction of sp³-hybridized carbons (Fsp3) is 0.800. The standard InChI is InChI=1S/C15H24ClN5/c16-13-17-14(20-9-5-2-1-3-6-10-20)19-15(18-13)21-11-7-4-8-12-21/h1-12H2. The van der Waals surface area contributed by atoms with Gasteiger partial charge in [-0.05, 0) is 43.7 Å². The maximum absolute atomic E-state index is 6.15.